The van der Waals surface area contributed by atoms with Gasteiger partial charge in [-0.25, -0.2) is 0 Å². The van der Waals surface area contributed by atoms with Gasteiger partial charge in [-0.15, -0.1) is 0 Å². The van der Waals surface area contributed by atoms with Crippen molar-refractivity contribution in [3.8, 4) is 0 Å². The maximum absolute atomic E-state index is 8.75. The molecule has 0 saturated carbocycles. The van der Waals surface area contributed by atoms with Crippen LogP contribution in [0.2, 0.25) is 0 Å². The summed E-state index contributed by atoms with van der Waals surface area (Å²) in [6.45, 7) is 5.09. The minimum absolute atomic E-state index is 0.0857. The molecule has 1 atom stereocenters. The van der Waals surface area contributed by atoms with Crippen LogP contribution in [0.3, 0.4) is 0 Å². The molecule has 1 aromatic rings. The van der Waals surface area contributed by atoms with Crippen LogP contribution in [0.4, 0.5) is 0 Å². The molecule has 0 amide bonds. The smallest absolute Gasteiger partial charge is 0.111 e. The maximum atomic E-state index is 8.75. The summed E-state index contributed by atoms with van der Waals surface area (Å²) < 4.78 is 5.57. The summed E-state index contributed by atoms with van der Waals surface area (Å²) in [5.74, 6) is 0. The highest BCUT2D eigenvalue weighted by Crippen LogP contribution is 2.11. The Balaban J connectivity index is 1.94. The molecule has 4 heteroatoms. The number of hydrogen-bond donors (Lipinski definition) is 1. The molecule has 2 rings (SSSR count). The lowest BCUT2D eigenvalue weighted by molar-refractivity contribution is 0.00175. The van der Waals surface area contributed by atoms with Crippen LogP contribution in [-0.4, -0.2) is 41.6 Å². The zero-order valence-corrected chi connectivity index (χ0v) is 10.0. The van der Waals surface area contributed by atoms with Crippen molar-refractivity contribution in [2.75, 3.05) is 19.7 Å². The van der Waals surface area contributed by atoms with E-state index in [0.29, 0.717) is 12.3 Å². The fourth-order valence-corrected chi connectivity index (χ4v) is 2.00. The standard InChI is InChI=1S/C13H18N2O2/c1-11(14-16)13-10-15(7-8-17-13)9-12-5-3-2-4-6-12/h2-6,13,16H,7-10H2,1H3/t13-/m0/s1. The molecule has 17 heavy (non-hydrogen) atoms. The van der Waals surface area contributed by atoms with Crippen LogP contribution in [0.1, 0.15) is 12.5 Å². The van der Waals surface area contributed by atoms with E-state index in [-0.39, 0.29) is 6.10 Å². The molecule has 1 aromatic carbocycles. The Labute approximate surface area is 101 Å². The van der Waals surface area contributed by atoms with E-state index in [1.165, 1.54) is 5.56 Å². The molecular formula is C13H18N2O2. The van der Waals surface area contributed by atoms with Gasteiger partial charge in [-0.3, -0.25) is 4.90 Å². The summed E-state index contributed by atoms with van der Waals surface area (Å²) in [6, 6.07) is 10.4. The van der Waals surface area contributed by atoms with E-state index < -0.39 is 0 Å². The largest absolute Gasteiger partial charge is 0.411 e. The molecule has 4 nitrogen and oxygen atoms in total. The Hall–Kier alpha value is -1.39. The first-order valence-corrected chi connectivity index (χ1v) is 5.86. The van der Waals surface area contributed by atoms with Crippen molar-refractivity contribution < 1.29 is 9.94 Å². The molecule has 0 bridgehead atoms. The van der Waals surface area contributed by atoms with Crippen molar-refractivity contribution >= 4 is 5.71 Å². The Kier molecular flexibility index (Phi) is 4.12. The summed E-state index contributed by atoms with van der Waals surface area (Å²) >= 11 is 0. The third kappa shape index (κ3) is 3.28. The third-order valence-electron chi connectivity index (χ3n) is 3.02. The van der Waals surface area contributed by atoms with E-state index in [9.17, 15) is 0 Å². The van der Waals surface area contributed by atoms with Gasteiger partial charge in [0, 0.05) is 19.6 Å². The third-order valence-corrected chi connectivity index (χ3v) is 3.02. The average Bonchev–Trinajstić information content (AvgIpc) is 2.39. The molecule has 1 fully saturated rings. The summed E-state index contributed by atoms with van der Waals surface area (Å²) in [5.41, 5.74) is 1.94. The number of ether oxygens (including phenoxy) is 1. The molecule has 92 valence electrons. The van der Waals surface area contributed by atoms with Gasteiger partial charge in [0.15, 0.2) is 0 Å². The van der Waals surface area contributed by atoms with Crippen molar-refractivity contribution in [2.24, 2.45) is 5.16 Å². The van der Waals surface area contributed by atoms with Crippen molar-refractivity contribution in [1.29, 1.82) is 0 Å². The first kappa shape index (κ1) is 12.1. The Morgan fingerprint density at radius 2 is 2.24 bits per heavy atom. The summed E-state index contributed by atoms with van der Waals surface area (Å²) in [7, 11) is 0. The predicted octanol–water partition coefficient (Wildman–Crippen LogP) is 1.74. The maximum Gasteiger partial charge on any atom is 0.111 e. The summed E-state index contributed by atoms with van der Waals surface area (Å²) in [6.07, 6.45) is -0.0857. The molecule has 1 heterocycles. The van der Waals surface area contributed by atoms with Gasteiger partial charge in [0.05, 0.1) is 12.3 Å². The van der Waals surface area contributed by atoms with Crippen LogP contribution in [0.25, 0.3) is 0 Å². The van der Waals surface area contributed by atoms with Crippen LogP contribution in [0.5, 0.6) is 0 Å². The average molecular weight is 234 g/mol. The predicted molar refractivity (Wildman–Crippen MR) is 66.4 cm³/mol. The second-order valence-electron chi connectivity index (χ2n) is 4.32. The lowest BCUT2D eigenvalue weighted by Gasteiger charge is -2.32. The minimum atomic E-state index is -0.0857. The Morgan fingerprint density at radius 3 is 2.94 bits per heavy atom. The molecule has 1 aliphatic rings. The minimum Gasteiger partial charge on any atom is -0.411 e. The monoisotopic (exact) mass is 234 g/mol. The van der Waals surface area contributed by atoms with Gasteiger partial charge < -0.3 is 9.94 Å². The Bertz CT molecular complexity index is 378. The zero-order chi connectivity index (χ0) is 12.1. The molecule has 0 spiro atoms. The molecule has 0 unspecified atom stereocenters. The van der Waals surface area contributed by atoms with Gasteiger partial charge in [0.1, 0.15) is 6.10 Å². The fourth-order valence-electron chi connectivity index (χ4n) is 2.00. The number of morpholine rings is 1. The van der Waals surface area contributed by atoms with Gasteiger partial charge in [-0.2, -0.15) is 0 Å². The normalized spacial score (nSPS) is 22.6. The van der Waals surface area contributed by atoms with Crippen LogP contribution >= 0.6 is 0 Å². The molecule has 0 aromatic heterocycles. The molecule has 0 radical (unpaired) electrons. The van der Waals surface area contributed by atoms with Gasteiger partial charge in [-0.05, 0) is 12.5 Å². The van der Waals surface area contributed by atoms with Crippen molar-refractivity contribution in [3.63, 3.8) is 0 Å². The second-order valence-corrected chi connectivity index (χ2v) is 4.32. The van der Waals surface area contributed by atoms with Gasteiger partial charge in [-0.1, -0.05) is 35.5 Å². The van der Waals surface area contributed by atoms with Crippen molar-refractivity contribution in [3.05, 3.63) is 35.9 Å². The van der Waals surface area contributed by atoms with E-state index in [1.54, 1.807) is 6.92 Å². The van der Waals surface area contributed by atoms with E-state index in [4.69, 9.17) is 9.94 Å². The number of oxime groups is 1. The Morgan fingerprint density at radius 1 is 1.47 bits per heavy atom. The number of benzene rings is 1. The zero-order valence-electron chi connectivity index (χ0n) is 10.0. The lowest BCUT2D eigenvalue weighted by Crippen LogP contribution is -2.44. The number of hydrogen-bond acceptors (Lipinski definition) is 4. The van der Waals surface area contributed by atoms with Crippen LogP contribution in [0, 0.1) is 0 Å². The quantitative estimate of drug-likeness (QED) is 0.492. The van der Waals surface area contributed by atoms with Gasteiger partial charge in [0.2, 0.25) is 0 Å². The number of nitrogens with zero attached hydrogens (tertiary/aromatic N) is 2. The topological polar surface area (TPSA) is 45.1 Å². The van der Waals surface area contributed by atoms with Crippen LogP contribution in [0.15, 0.2) is 35.5 Å². The van der Waals surface area contributed by atoms with E-state index >= 15 is 0 Å². The molecule has 1 N–H and O–H groups in total. The summed E-state index contributed by atoms with van der Waals surface area (Å²) in [4.78, 5) is 2.32. The van der Waals surface area contributed by atoms with Crippen LogP contribution in [-0.2, 0) is 11.3 Å². The summed E-state index contributed by atoms with van der Waals surface area (Å²) in [5, 5.41) is 12.0. The SMILES string of the molecule is CC(=NO)[C@@H]1CN(Cc2ccccc2)CCO1. The van der Waals surface area contributed by atoms with Crippen molar-refractivity contribution in [2.45, 2.75) is 19.6 Å². The van der Waals surface area contributed by atoms with Crippen molar-refractivity contribution in [1.82, 2.24) is 4.90 Å². The molecule has 1 saturated heterocycles. The van der Waals surface area contributed by atoms with E-state index in [0.717, 1.165) is 19.6 Å². The van der Waals surface area contributed by atoms with Gasteiger partial charge >= 0.3 is 0 Å². The van der Waals surface area contributed by atoms with Gasteiger partial charge in [0.25, 0.3) is 0 Å². The molecule has 0 aliphatic carbocycles. The first-order chi connectivity index (χ1) is 8.29. The first-order valence-electron chi connectivity index (χ1n) is 5.86. The highest BCUT2D eigenvalue weighted by Gasteiger charge is 2.22. The fraction of sp³-hybridized carbons (Fsp3) is 0.462. The molecular weight excluding hydrogens is 216 g/mol. The van der Waals surface area contributed by atoms with E-state index in [2.05, 4.69) is 22.2 Å². The van der Waals surface area contributed by atoms with E-state index in [1.807, 2.05) is 18.2 Å². The lowest BCUT2D eigenvalue weighted by atomic mass is 10.1. The molecule has 1 aliphatic heterocycles. The highest BCUT2D eigenvalue weighted by molar-refractivity contribution is 5.86. The number of rotatable bonds is 3. The second kappa shape index (κ2) is 5.80. The highest BCUT2D eigenvalue weighted by atomic mass is 16.5. The van der Waals surface area contributed by atoms with Crippen LogP contribution < -0.4 is 0 Å².